The first kappa shape index (κ1) is 11.4. The van der Waals surface area contributed by atoms with Crippen molar-refractivity contribution >= 4 is 23.2 Å². The minimum Gasteiger partial charge on any atom is -0.466 e. The summed E-state index contributed by atoms with van der Waals surface area (Å²) in [5.74, 6) is -0.258. The first-order valence-corrected chi connectivity index (χ1v) is 4.53. The SMILES string of the molecule is CCCNC(=S)CC(=O)OCC. The summed E-state index contributed by atoms with van der Waals surface area (Å²) in [5, 5.41) is 2.95. The Morgan fingerprint density at radius 2 is 2.17 bits per heavy atom. The van der Waals surface area contributed by atoms with E-state index in [2.05, 4.69) is 5.32 Å². The molecule has 0 aliphatic rings. The van der Waals surface area contributed by atoms with Crippen molar-refractivity contribution in [3.05, 3.63) is 0 Å². The molecule has 0 saturated heterocycles. The van der Waals surface area contributed by atoms with Crippen molar-refractivity contribution in [2.24, 2.45) is 0 Å². The fraction of sp³-hybridized carbons (Fsp3) is 0.750. The molecule has 0 aliphatic carbocycles. The summed E-state index contributed by atoms with van der Waals surface area (Å²) in [7, 11) is 0. The van der Waals surface area contributed by atoms with Crippen LogP contribution in [0.5, 0.6) is 0 Å². The molecule has 0 atom stereocenters. The zero-order chi connectivity index (χ0) is 9.40. The van der Waals surface area contributed by atoms with E-state index in [4.69, 9.17) is 17.0 Å². The van der Waals surface area contributed by atoms with Crippen LogP contribution in [0.15, 0.2) is 0 Å². The number of carbonyl (C=O) groups excluding carboxylic acids is 1. The molecule has 0 amide bonds. The molecule has 0 rings (SSSR count). The number of ether oxygens (including phenoxy) is 1. The predicted octanol–water partition coefficient (Wildman–Crippen LogP) is 1.27. The highest BCUT2D eigenvalue weighted by molar-refractivity contribution is 7.80. The normalized spacial score (nSPS) is 9.17. The number of nitrogens with one attached hydrogen (secondary N) is 1. The molecule has 0 spiro atoms. The summed E-state index contributed by atoms with van der Waals surface area (Å²) in [6, 6.07) is 0. The van der Waals surface area contributed by atoms with Gasteiger partial charge >= 0.3 is 5.97 Å². The molecular formula is C8H15NO2S. The quantitative estimate of drug-likeness (QED) is 0.522. The predicted molar refractivity (Wildman–Crippen MR) is 52.1 cm³/mol. The van der Waals surface area contributed by atoms with Crippen LogP contribution in [-0.4, -0.2) is 24.1 Å². The van der Waals surface area contributed by atoms with Crippen molar-refractivity contribution in [3.63, 3.8) is 0 Å². The molecule has 4 heteroatoms. The lowest BCUT2D eigenvalue weighted by atomic mass is 10.4. The third-order valence-corrected chi connectivity index (χ3v) is 1.47. The van der Waals surface area contributed by atoms with E-state index in [9.17, 15) is 4.79 Å². The lowest BCUT2D eigenvalue weighted by Gasteiger charge is -2.05. The van der Waals surface area contributed by atoms with Crippen LogP contribution in [0.25, 0.3) is 0 Å². The molecule has 0 saturated carbocycles. The van der Waals surface area contributed by atoms with E-state index < -0.39 is 0 Å². The van der Waals surface area contributed by atoms with Crippen LogP contribution in [0.3, 0.4) is 0 Å². The molecule has 0 aromatic rings. The van der Waals surface area contributed by atoms with Crippen LogP contribution in [0.4, 0.5) is 0 Å². The monoisotopic (exact) mass is 189 g/mol. The average molecular weight is 189 g/mol. The Morgan fingerprint density at radius 3 is 2.67 bits per heavy atom. The summed E-state index contributed by atoms with van der Waals surface area (Å²) >= 11 is 4.90. The standard InChI is InChI=1S/C8H15NO2S/c1-3-5-9-7(12)6-8(10)11-4-2/h3-6H2,1-2H3,(H,9,12). The second kappa shape index (κ2) is 7.03. The number of rotatable bonds is 5. The van der Waals surface area contributed by atoms with Gasteiger partial charge in [0, 0.05) is 6.54 Å². The van der Waals surface area contributed by atoms with Gasteiger partial charge in [-0.25, -0.2) is 0 Å². The third-order valence-electron chi connectivity index (χ3n) is 1.18. The highest BCUT2D eigenvalue weighted by Gasteiger charge is 2.04. The van der Waals surface area contributed by atoms with Crippen LogP contribution < -0.4 is 5.32 Å². The third kappa shape index (κ3) is 6.09. The Labute approximate surface area is 78.5 Å². The van der Waals surface area contributed by atoms with E-state index in [1.54, 1.807) is 6.92 Å². The van der Waals surface area contributed by atoms with Gasteiger partial charge in [-0.2, -0.15) is 0 Å². The minimum absolute atomic E-state index is 0.198. The van der Waals surface area contributed by atoms with Gasteiger partial charge in [0.1, 0.15) is 0 Å². The zero-order valence-corrected chi connectivity index (χ0v) is 8.37. The Morgan fingerprint density at radius 1 is 1.50 bits per heavy atom. The first-order chi connectivity index (χ1) is 5.70. The van der Waals surface area contributed by atoms with Crippen LogP contribution in [0.2, 0.25) is 0 Å². The first-order valence-electron chi connectivity index (χ1n) is 4.13. The van der Waals surface area contributed by atoms with Crippen LogP contribution >= 0.6 is 12.2 Å². The Hall–Kier alpha value is -0.640. The largest absolute Gasteiger partial charge is 0.466 e. The Balaban J connectivity index is 3.47. The minimum atomic E-state index is -0.258. The molecule has 1 N–H and O–H groups in total. The Kier molecular flexibility index (Phi) is 6.66. The van der Waals surface area contributed by atoms with Gasteiger partial charge in [-0.3, -0.25) is 4.79 Å². The number of hydrogen-bond donors (Lipinski definition) is 1. The van der Waals surface area contributed by atoms with Gasteiger partial charge < -0.3 is 10.1 Å². The summed E-state index contributed by atoms with van der Waals surface area (Å²) in [4.78, 5) is 11.4. The number of esters is 1. The van der Waals surface area contributed by atoms with E-state index >= 15 is 0 Å². The van der Waals surface area contributed by atoms with Crippen LogP contribution in [0, 0.1) is 0 Å². The van der Waals surface area contributed by atoms with Gasteiger partial charge in [0.05, 0.1) is 18.0 Å². The molecule has 70 valence electrons. The van der Waals surface area contributed by atoms with Crippen molar-refractivity contribution in [3.8, 4) is 0 Å². The van der Waals surface area contributed by atoms with E-state index in [0.717, 1.165) is 13.0 Å². The van der Waals surface area contributed by atoms with Crippen molar-refractivity contribution in [1.29, 1.82) is 0 Å². The molecule has 0 aromatic heterocycles. The van der Waals surface area contributed by atoms with Gasteiger partial charge in [-0.15, -0.1) is 0 Å². The molecule has 0 fully saturated rings. The molecule has 0 bridgehead atoms. The molecule has 0 aliphatic heterocycles. The van der Waals surface area contributed by atoms with Crippen molar-refractivity contribution in [1.82, 2.24) is 5.32 Å². The van der Waals surface area contributed by atoms with Gasteiger partial charge in [0.2, 0.25) is 0 Å². The molecule has 0 radical (unpaired) electrons. The fourth-order valence-electron chi connectivity index (χ4n) is 0.670. The second-order valence-electron chi connectivity index (χ2n) is 2.33. The van der Waals surface area contributed by atoms with E-state index in [1.165, 1.54) is 0 Å². The topological polar surface area (TPSA) is 38.3 Å². The maximum atomic E-state index is 10.9. The molecule has 3 nitrogen and oxygen atoms in total. The van der Waals surface area contributed by atoms with Gasteiger partial charge in [0.25, 0.3) is 0 Å². The number of hydrogen-bond acceptors (Lipinski definition) is 3. The van der Waals surface area contributed by atoms with Crippen LogP contribution in [-0.2, 0) is 9.53 Å². The van der Waals surface area contributed by atoms with E-state index in [-0.39, 0.29) is 12.4 Å². The lowest BCUT2D eigenvalue weighted by molar-refractivity contribution is -0.141. The Bertz CT molecular complexity index is 159. The van der Waals surface area contributed by atoms with E-state index in [0.29, 0.717) is 11.6 Å². The zero-order valence-electron chi connectivity index (χ0n) is 7.55. The van der Waals surface area contributed by atoms with E-state index in [1.807, 2.05) is 6.92 Å². The maximum Gasteiger partial charge on any atom is 0.312 e. The average Bonchev–Trinajstić information content (AvgIpc) is 2.01. The summed E-state index contributed by atoms with van der Waals surface area (Å²) < 4.78 is 4.73. The number of thiocarbonyl (C=S) groups is 1. The maximum absolute atomic E-state index is 10.9. The van der Waals surface area contributed by atoms with Crippen molar-refractivity contribution in [2.75, 3.05) is 13.2 Å². The fourth-order valence-corrected chi connectivity index (χ4v) is 0.890. The van der Waals surface area contributed by atoms with Crippen molar-refractivity contribution in [2.45, 2.75) is 26.7 Å². The molecule has 12 heavy (non-hydrogen) atoms. The van der Waals surface area contributed by atoms with Gasteiger partial charge in [-0.05, 0) is 13.3 Å². The van der Waals surface area contributed by atoms with Crippen LogP contribution in [0.1, 0.15) is 26.7 Å². The van der Waals surface area contributed by atoms with Crippen molar-refractivity contribution < 1.29 is 9.53 Å². The second-order valence-corrected chi connectivity index (χ2v) is 2.82. The summed E-state index contributed by atoms with van der Waals surface area (Å²) in [6.07, 6.45) is 1.20. The van der Waals surface area contributed by atoms with Gasteiger partial charge in [0.15, 0.2) is 0 Å². The highest BCUT2D eigenvalue weighted by atomic mass is 32.1. The molecule has 0 aromatic carbocycles. The molecule has 0 heterocycles. The molecule has 0 unspecified atom stereocenters. The lowest BCUT2D eigenvalue weighted by Crippen LogP contribution is -2.25. The summed E-state index contributed by atoms with van der Waals surface area (Å²) in [6.45, 7) is 5.05. The summed E-state index contributed by atoms with van der Waals surface area (Å²) in [5.41, 5.74) is 0. The highest BCUT2D eigenvalue weighted by Crippen LogP contribution is 1.88. The molecular weight excluding hydrogens is 174 g/mol. The number of carbonyl (C=O) groups is 1. The van der Waals surface area contributed by atoms with Gasteiger partial charge in [-0.1, -0.05) is 19.1 Å². The smallest absolute Gasteiger partial charge is 0.312 e.